The van der Waals surface area contributed by atoms with E-state index in [4.69, 9.17) is 19.5 Å². The molecule has 0 spiro atoms. The number of benzene rings is 2. The number of hydrogen-bond donors (Lipinski definition) is 0. The number of nitriles is 1. The van der Waals surface area contributed by atoms with Crippen molar-refractivity contribution in [3.63, 3.8) is 0 Å². The van der Waals surface area contributed by atoms with Gasteiger partial charge in [-0.15, -0.1) is 0 Å². The van der Waals surface area contributed by atoms with Crippen molar-refractivity contribution in [2.75, 3.05) is 24.7 Å². The standard InChI is InChI=1S/C20H16N2O5/c21-11-13-1-4-16(5-2-13)27-20(24)14-9-19(23)22(12-14)15-3-6-17-18(10-15)26-8-7-25-17/h1-6,10,14H,7-9,12H2/t14-/m1/s1. The van der Waals surface area contributed by atoms with Gasteiger partial charge in [0.2, 0.25) is 5.91 Å². The van der Waals surface area contributed by atoms with Crippen molar-refractivity contribution in [1.82, 2.24) is 0 Å². The molecule has 136 valence electrons. The lowest BCUT2D eigenvalue weighted by Gasteiger charge is -2.22. The second kappa shape index (κ2) is 7.00. The second-order valence-corrected chi connectivity index (χ2v) is 6.29. The molecule has 0 bridgehead atoms. The number of amides is 1. The lowest BCUT2D eigenvalue weighted by Crippen LogP contribution is -2.27. The summed E-state index contributed by atoms with van der Waals surface area (Å²) in [5.74, 6) is 0.427. The number of ether oxygens (including phenoxy) is 3. The van der Waals surface area contributed by atoms with Gasteiger partial charge in [-0.3, -0.25) is 9.59 Å². The van der Waals surface area contributed by atoms with Gasteiger partial charge in [0.15, 0.2) is 11.5 Å². The number of hydrogen-bond acceptors (Lipinski definition) is 6. The summed E-state index contributed by atoms with van der Waals surface area (Å²) in [6.07, 6.45) is 0.0869. The molecule has 7 heteroatoms. The van der Waals surface area contributed by atoms with E-state index in [1.165, 1.54) is 0 Å². The molecule has 1 saturated heterocycles. The van der Waals surface area contributed by atoms with E-state index >= 15 is 0 Å². The number of anilines is 1. The highest BCUT2D eigenvalue weighted by molar-refractivity contribution is 6.00. The van der Waals surface area contributed by atoms with Crippen LogP contribution in [0.5, 0.6) is 17.2 Å². The van der Waals surface area contributed by atoms with Crippen molar-refractivity contribution in [2.45, 2.75) is 6.42 Å². The largest absolute Gasteiger partial charge is 0.486 e. The third-order valence-electron chi connectivity index (χ3n) is 4.50. The quantitative estimate of drug-likeness (QED) is 0.613. The summed E-state index contributed by atoms with van der Waals surface area (Å²) in [7, 11) is 0. The Morgan fingerprint density at radius 2 is 1.85 bits per heavy atom. The minimum absolute atomic E-state index is 0.0869. The normalized spacial score (nSPS) is 18.1. The molecule has 1 atom stereocenters. The Labute approximate surface area is 155 Å². The van der Waals surface area contributed by atoms with E-state index in [1.54, 1.807) is 47.4 Å². The topological polar surface area (TPSA) is 88.9 Å². The van der Waals surface area contributed by atoms with E-state index in [-0.39, 0.29) is 18.9 Å². The maximum atomic E-state index is 12.4. The molecule has 2 aromatic carbocycles. The summed E-state index contributed by atoms with van der Waals surface area (Å²) in [6, 6.07) is 13.6. The lowest BCUT2D eigenvalue weighted by atomic mass is 10.1. The van der Waals surface area contributed by atoms with Crippen molar-refractivity contribution in [3.05, 3.63) is 48.0 Å². The number of esters is 1. The predicted octanol–water partition coefficient (Wildman–Crippen LogP) is 2.29. The first-order valence-electron chi connectivity index (χ1n) is 8.56. The number of nitrogens with zero attached hydrogens (tertiary/aromatic N) is 2. The SMILES string of the molecule is N#Cc1ccc(OC(=O)[C@@H]2CC(=O)N(c3ccc4c(c3)OCCO4)C2)cc1. The molecule has 0 aromatic heterocycles. The first-order valence-corrected chi connectivity index (χ1v) is 8.56. The summed E-state index contributed by atoms with van der Waals surface area (Å²) in [6.45, 7) is 1.20. The highest BCUT2D eigenvalue weighted by Gasteiger charge is 2.36. The van der Waals surface area contributed by atoms with Gasteiger partial charge in [-0.1, -0.05) is 0 Å². The fourth-order valence-corrected chi connectivity index (χ4v) is 3.11. The van der Waals surface area contributed by atoms with Crippen LogP contribution in [-0.2, 0) is 9.59 Å². The second-order valence-electron chi connectivity index (χ2n) is 6.29. The minimum atomic E-state index is -0.554. The third-order valence-corrected chi connectivity index (χ3v) is 4.50. The zero-order valence-corrected chi connectivity index (χ0v) is 14.4. The van der Waals surface area contributed by atoms with Crippen LogP contribution in [0, 0.1) is 17.2 Å². The van der Waals surface area contributed by atoms with Gasteiger partial charge in [0.1, 0.15) is 19.0 Å². The van der Waals surface area contributed by atoms with E-state index in [0.29, 0.717) is 41.7 Å². The van der Waals surface area contributed by atoms with Crippen molar-refractivity contribution in [2.24, 2.45) is 5.92 Å². The Kier molecular flexibility index (Phi) is 4.38. The molecule has 7 nitrogen and oxygen atoms in total. The van der Waals surface area contributed by atoms with Gasteiger partial charge in [0, 0.05) is 24.7 Å². The average molecular weight is 364 g/mol. The Balaban J connectivity index is 1.45. The smallest absolute Gasteiger partial charge is 0.316 e. The Morgan fingerprint density at radius 3 is 2.59 bits per heavy atom. The van der Waals surface area contributed by atoms with Gasteiger partial charge < -0.3 is 19.1 Å². The van der Waals surface area contributed by atoms with Crippen LogP contribution in [0.3, 0.4) is 0 Å². The summed E-state index contributed by atoms with van der Waals surface area (Å²) >= 11 is 0. The van der Waals surface area contributed by atoms with E-state index in [9.17, 15) is 9.59 Å². The molecule has 0 unspecified atom stereocenters. The van der Waals surface area contributed by atoms with Gasteiger partial charge in [-0.25, -0.2) is 0 Å². The zero-order valence-electron chi connectivity index (χ0n) is 14.4. The summed E-state index contributed by atoms with van der Waals surface area (Å²) in [5.41, 5.74) is 1.15. The highest BCUT2D eigenvalue weighted by atomic mass is 16.6. The molecular weight excluding hydrogens is 348 g/mol. The van der Waals surface area contributed by atoms with Crippen molar-refractivity contribution in [1.29, 1.82) is 5.26 Å². The molecule has 0 radical (unpaired) electrons. The van der Waals surface area contributed by atoms with E-state index < -0.39 is 11.9 Å². The molecule has 1 amide bonds. The fourth-order valence-electron chi connectivity index (χ4n) is 3.11. The van der Waals surface area contributed by atoms with Crippen LogP contribution in [0.25, 0.3) is 0 Å². The molecule has 27 heavy (non-hydrogen) atoms. The van der Waals surface area contributed by atoms with Gasteiger partial charge in [0.05, 0.1) is 17.6 Å². The van der Waals surface area contributed by atoms with E-state index in [2.05, 4.69) is 0 Å². The Bertz CT molecular complexity index is 932. The number of carbonyl (C=O) groups is 2. The molecule has 0 N–H and O–H groups in total. The fraction of sp³-hybridized carbons (Fsp3) is 0.250. The van der Waals surface area contributed by atoms with Gasteiger partial charge in [0.25, 0.3) is 0 Å². The van der Waals surface area contributed by atoms with Crippen LogP contribution in [-0.4, -0.2) is 31.6 Å². The highest BCUT2D eigenvalue weighted by Crippen LogP contribution is 2.36. The van der Waals surface area contributed by atoms with Crippen molar-refractivity contribution >= 4 is 17.6 Å². The zero-order chi connectivity index (χ0) is 18.8. The molecule has 1 fully saturated rings. The average Bonchev–Trinajstić information content (AvgIpc) is 3.10. The van der Waals surface area contributed by atoms with Crippen LogP contribution in [0.2, 0.25) is 0 Å². The molecule has 0 saturated carbocycles. The molecule has 2 heterocycles. The molecule has 2 aliphatic heterocycles. The van der Waals surface area contributed by atoms with Crippen LogP contribution in [0.4, 0.5) is 5.69 Å². The third kappa shape index (κ3) is 3.42. The first-order chi connectivity index (χ1) is 13.1. The van der Waals surface area contributed by atoms with Gasteiger partial charge in [-0.2, -0.15) is 5.26 Å². The van der Waals surface area contributed by atoms with Crippen LogP contribution >= 0.6 is 0 Å². The lowest BCUT2D eigenvalue weighted by molar-refractivity contribution is -0.139. The van der Waals surface area contributed by atoms with Crippen molar-refractivity contribution in [3.8, 4) is 23.3 Å². The summed E-state index contributed by atoms with van der Waals surface area (Å²) < 4.78 is 16.4. The van der Waals surface area contributed by atoms with Crippen molar-refractivity contribution < 1.29 is 23.8 Å². The predicted molar refractivity (Wildman–Crippen MR) is 94.7 cm³/mol. The molecule has 4 rings (SSSR count). The molecule has 2 aliphatic rings. The van der Waals surface area contributed by atoms with Gasteiger partial charge in [-0.05, 0) is 36.4 Å². The Hall–Kier alpha value is -3.53. The van der Waals surface area contributed by atoms with Crippen LogP contribution < -0.4 is 19.1 Å². The maximum absolute atomic E-state index is 12.4. The van der Waals surface area contributed by atoms with E-state index in [1.807, 2.05) is 6.07 Å². The van der Waals surface area contributed by atoms with Gasteiger partial charge >= 0.3 is 5.97 Å². The molecule has 0 aliphatic carbocycles. The molecular formula is C20H16N2O5. The summed E-state index contributed by atoms with van der Waals surface area (Å²) in [5, 5.41) is 8.81. The number of rotatable bonds is 3. The monoisotopic (exact) mass is 364 g/mol. The minimum Gasteiger partial charge on any atom is -0.486 e. The first kappa shape index (κ1) is 16.9. The van der Waals surface area contributed by atoms with Crippen LogP contribution in [0.15, 0.2) is 42.5 Å². The van der Waals surface area contributed by atoms with E-state index in [0.717, 1.165) is 0 Å². The van der Waals surface area contributed by atoms with Crippen LogP contribution in [0.1, 0.15) is 12.0 Å². The summed E-state index contributed by atoms with van der Waals surface area (Å²) in [4.78, 5) is 26.4. The Morgan fingerprint density at radius 1 is 1.11 bits per heavy atom. The number of fused-ring (bicyclic) bond motifs is 1. The number of carbonyl (C=O) groups excluding carboxylic acids is 2. The molecule has 2 aromatic rings. The maximum Gasteiger partial charge on any atom is 0.316 e.